The van der Waals surface area contributed by atoms with Crippen LogP contribution in [0.15, 0.2) is 12.1 Å². The van der Waals surface area contributed by atoms with Gasteiger partial charge in [0.2, 0.25) is 0 Å². The monoisotopic (exact) mass is 269 g/mol. The molecule has 0 amide bonds. The lowest BCUT2D eigenvalue weighted by Gasteiger charge is -1.99. The van der Waals surface area contributed by atoms with Crippen LogP contribution in [0.5, 0.6) is 0 Å². The lowest BCUT2D eigenvalue weighted by molar-refractivity contribution is 1.43. The second-order valence-electron chi connectivity index (χ2n) is 2.15. The Hall–Kier alpha value is -1.27. The number of hydrogen-bond acceptors (Lipinski definition) is 3. The molecular formula is C8H4IN3. The van der Waals surface area contributed by atoms with Crippen molar-refractivity contribution < 1.29 is 0 Å². The number of halogens is 1. The van der Waals surface area contributed by atoms with Gasteiger partial charge in [0.05, 0.1) is 20.8 Å². The number of rotatable bonds is 0. The quantitative estimate of drug-likeness (QED) is 0.574. The maximum absolute atomic E-state index is 8.64. The first-order valence-corrected chi connectivity index (χ1v) is 4.16. The van der Waals surface area contributed by atoms with Crippen molar-refractivity contribution in [3.8, 4) is 12.1 Å². The van der Waals surface area contributed by atoms with Crippen molar-refractivity contribution in [3.63, 3.8) is 0 Å². The minimum absolute atomic E-state index is 0.421. The summed E-state index contributed by atoms with van der Waals surface area (Å²) in [5, 5.41) is 17.2. The van der Waals surface area contributed by atoms with Crippen molar-refractivity contribution in [1.29, 1.82) is 10.5 Å². The van der Waals surface area contributed by atoms with Gasteiger partial charge in [-0.2, -0.15) is 10.5 Å². The third kappa shape index (κ3) is 1.49. The minimum atomic E-state index is 0.421. The second kappa shape index (κ2) is 3.42. The highest BCUT2D eigenvalue weighted by Crippen LogP contribution is 2.20. The number of nitrogen functional groups attached to an aromatic ring is 1. The molecule has 12 heavy (non-hydrogen) atoms. The highest BCUT2D eigenvalue weighted by atomic mass is 127. The lowest BCUT2D eigenvalue weighted by atomic mass is 10.1. The first kappa shape index (κ1) is 8.82. The van der Waals surface area contributed by atoms with Crippen LogP contribution >= 0.6 is 22.6 Å². The maximum atomic E-state index is 8.64. The molecule has 0 radical (unpaired) electrons. The van der Waals surface area contributed by atoms with E-state index in [0.29, 0.717) is 20.4 Å². The van der Waals surface area contributed by atoms with E-state index in [9.17, 15) is 0 Å². The topological polar surface area (TPSA) is 73.6 Å². The largest absolute Gasteiger partial charge is 0.398 e. The summed E-state index contributed by atoms with van der Waals surface area (Å²) in [4.78, 5) is 0. The molecule has 0 spiro atoms. The first-order valence-electron chi connectivity index (χ1n) is 3.08. The van der Waals surface area contributed by atoms with E-state index in [2.05, 4.69) is 0 Å². The summed E-state index contributed by atoms with van der Waals surface area (Å²) in [6.07, 6.45) is 0. The van der Waals surface area contributed by atoms with Crippen LogP contribution in [-0.4, -0.2) is 0 Å². The fourth-order valence-corrected chi connectivity index (χ4v) is 1.22. The van der Waals surface area contributed by atoms with Crippen LogP contribution in [0.3, 0.4) is 0 Å². The van der Waals surface area contributed by atoms with Crippen LogP contribution in [0.1, 0.15) is 11.1 Å². The van der Waals surface area contributed by atoms with Crippen LogP contribution in [0.25, 0.3) is 0 Å². The van der Waals surface area contributed by atoms with Gasteiger partial charge in [-0.15, -0.1) is 0 Å². The van der Waals surface area contributed by atoms with E-state index in [1.54, 1.807) is 6.07 Å². The van der Waals surface area contributed by atoms with Crippen LogP contribution in [-0.2, 0) is 0 Å². The summed E-state index contributed by atoms with van der Waals surface area (Å²) in [5.41, 5.74) is 6.91. The van der Waals surface area contributed by atoms with Crippen LogP contribution in [0.4, 0.5) is 5.69 Å². The van der Waals surface area contributed by atoms with Gasteiger partial charge in [0.25, 0.3) is 0 Å². The molecule has 0 bridgehead atoms. The molecule has 1 aromatic rings. The number of anilines is 1. The Morgan fingerprint density at radius 1 is 1.25 bits per heavy atom. The molecule has 0 atom stereocenters. The Bertz CT molecular complexity index is 398. The smallest absolute Gasteiger partial charge is 0.100 e. The molecule has 1 rings (SSSR count). The van der Waals surface area contributed by atoms with E-state index < -0.39 is 0 Å². The Balaban J connectivity index is 3.44. The van der Waals surface area contributed by atoms with Gasteiger partial charge in [0.1, 0.15) is 6.07 Å². The van der Waals surface area contributed by atoms with Gasteiger partial charge >= 0.3 is 0 Å². The third-order valence-electron chi connectivity index (χ3n) is 1.35. The number of nitrogens with two attached hydrogens (primary N) is 1. The Kier molecular flexibility index (Phi) is 2.51. The van der Waals surface area contributed by atoms with Crippen molar-refractivity contribution in [3.05, 3.63) is 26.8 Å². The summed E-state index contributed by atoms with van der Waals surface area (Å²) in [7, 11) is 0. The molecule has 0 aliphatic carbocycles. The highest BCUT2D eigenvalue weighted by Gasteiger charge is 2.04. The maximum Gasteiger partial charge on any atom is 0.100 e. The molecule has 2 N–H and O–H groups in total. The molecule has 0 unspecified atom stereocenters. The fourth-order valence-electron chi connectivity index (χ4n) is 0.793. The molecule has 0 aliphatic rings. The van der Waals surface area contributed by atoms with Gasteiger partial charge in [0, 0.05) is 5.69 Å². The molecule has 0 aliphatic heterocycles. The van der Waals surface area contributed by atoms with E-state index >= 15 is 0 Å². The molecule has 1 aromatic carbocycles. The zero-order chi connectivity index (χ0) is 9.14. The van der Waals surface area contributed by atoms with Crippen molar-refractivity contribution >= 4 is 28.3 Å². The molecule has 4 heteroatoms. The third-order valence-corrected chi connectivity index (χ3v) is 2.55. The molecule has 58 valence electrons. The molecule has 0 saturated heterocycles. The van der Waals surface area contributed by atoms with E-state index in [1.165, 1.54) is 6.07 Å². The number of benzene rings is 1. The van der Waals surface area contributed by atoms with Crippen LogP contribution in [0.2, 0.25) is 0 Å². The molecule has 3 nitrogen and oxygen atoms in total. The van der Waals surface area contributed by atoms with Crippen LogP contribution in [0, 0.1) is 26.2 Å². The Morgan fingerprint density at radius 3 is 2.42 bits per heavy atom. The van der Waals surface area contributed by atoms with E-state index in [-0.39, 0.29) is 0 Å². The van der Waals surface area contributed by atoms with Crippen molar-refractivity contribution in [1.82, 2.24) is 0 Å². The number of nitrogens with zero attached hydrogens (tertiary/aromatic N) is 2. The SMILES string of the molecule is N#Cc1cc(N)c(I)c(C#N)c1. The summed E-state index contributed by atoms with van der Waals surface area (Å²) in [6.45, 7) is 0. The zero-order valence-corrected chi connectivity index (χ0v) is 8.16. The molecule has 0 fully saturated rings. The minimum Gasteiger partial charge on any atom is -0.398 e. The van der Waals surface area contributed by atoms with Gasteiger partial charge in [-0.3, -0.25) is 0 Å². The number of hydrogen-bond donors (Lipinski definition) is 1. The Morgan fingerprint density at radius 2 is 1.92 bits per heavy atom. The molecule has 0 aromatic heterocycles. The molecule has 0 saturated carbocycles. The second-order valence-corrected chi connectivity index (χ2v) is 3.23. The van der Waals surface area contributed by atoms with Crippen molar-refractivity contribution in [2.75, 3.05) is 5.73 Å². The predicted molar refractivity (Wildman–Crippen MR) is 53.0 cm³/mol. The first-order chi connectivity index (χ1) is 5.69. The molecule has 0 heterocycles. The summed E-state index contributed by atoms with van der Waals surface area (Å²) >= 11 is 1.98. The van der Waals surface area contributed by atoms with Gasteiger partial charge in [-0.25, -0.2) is 0 Å². The standard InChI is InChI=1S/C8H4IN3/c9-8-6(4-11)1-5(3-10)2-7(8)12/h1-2H,12H2. The van der Waals surface area contributed by atoms with Crippen molar-refractivity contribution in [2.24, 2.45) is 0 Å². The van der Waals surface area contributed by atoms with Gasteiger partial charge in [-0.1, -0.05) is 0 Å². The lowest BCUT2D eigenvalue weighted by Crippen LogP contribution is -1.94. The number of nitriles is 2. The Labute approximate surface area is 83.5 Å². The summed E-state index contributed by atoms with van der Waals surface area (Å²) < 4.78 is 0.703. The summed E-state index contributed by atoms with van der Waals surface area (Å²) in [6, 6.07) is 6.99. The van der Waals surface area contributed by atoms with E-state index in [0.717, 1.165) is 0 Å². The average molecular weight is 269 g/mol. The molecular weight excluding hydrogens is 265 g/mol. The zero-order valence-electron chi connectivity index (χ0n) is 6.00. The fraction of sp³-hybridized carbons (Fsp3) is 0. The van der Waals surface area contributed by atoms with Gasteiger partial charge in [-0.05, 0) is 34.7 Å². The summed E-state index contributed by atoms with van der Waals surface area (Å²) in [5.74, 6) is 0. The van der Waals surface area contributed by atoms with Gasteiger partial charge in [0.15, 0.2) is 0 Å². The normalized spacial score (nSPS) is 8.58. The van der Waals surface area contributed by atoms with E-state index in [4.69, 9.17) is 16.3 Å². The van der Waals surface area contributed by atoms with Gasteiger partial charge < -0.3 is 5.73 Å². The average Bonchev–Trinajstić information content (AvgIpc) is 2.09. The van der Waals surface area contributed by atoms with Crippen LogP contribution < -0.4 is 5.73 Å². The van der Waals surface area contributed by atoms with E-state index in [1.807, 2.05) is 34.7 Å². The van der Waals surface area contributed by atoms with Crippen molar-refractivity contribution in [2.45, 2.75) is 0 Å². The predicted octanol–water partition coefficient (Wildman–Crippen LogP) is 1.62. The highest BCUT2D eigenvalue weighted by molar-refractivity contribution is 14.1.